The zero-order valence-corrected chi connectivity index (χ0v) is 23.9. The number of ketones is 1. The molecule has 0 fully saturated rings. The zero-order chi connectivity index (χ0) is 29.8. The molecule has 0 aliphatic rings. The van der Waals surface area contributed by atoms with Crippen molar-refractivity contribution in [2.24, 2.45) is 11.8 Å². The Balaban J connectivity index is 2.18. The van der Waals surface area contributed by atoms with Gasteiger partial charge in [-0.25, -0.2) is 8.78 Å². The minimum absolute atomic E-state index is 0.00423. The van der Waals surface area contributed by atoms with Crippen LogP contribution in [0.2, 0.25) is 0 Å². The number of rotatable bonds is 11. The molecule has 0 aromatic heterocycles. The lowest BCUT2D eigenvalue weighted by Crippen LogP contribution is -2.25. The van der Waals surface area contributed by atoms with Crippen LogP contribution in [-0.4, -0.2) is 12.8 Å². The fourth-order valence-electron chi connectivity index (χ4n) is 5.09. The predicted molar refractivity (Wildman–Crippen MR) is 151 cm³/mol. The summed E-state index contributed by atoms with van der Waals surface area (Å²) in [5, 5.41) is 0. The van der Waals surface area contributed by atoms with Crippen LogP contribution in [0.15, 0.2) is 60.7 Å². The Morgan fingerprint density at radius 2 is 1.38 bits per heavy atom. The van der Waals surface area contributed by atoms with E-state index in [9.17, 15) is 26.7 Å². The van der Waals surface area contributed by atoms with E-state index < -0.39 is 29.3 Å². The summed E-state index contributed by atoms with van der Waals surface area (Å²) in [5.74, 6) is -1.13. The monoisotopic (exact) mass is 559 g/mol. The molecule has 0 heterocycles. The summed E-state index contributed by atoms with van der Waals surface area (Å²) in [6.45, 7) is 9.76. The van der Waals surface area contributed by atoms with Crippen molar-refractivity contribution >= 4 is 11.5 Å². The summed E-state index contributed by atoms with van der Waals surface area (Å²) in [6, 6.07) is 13.7. The minimum atomic E-state index is -4.45. The van der Waals surface area contributed by atoms with E-state index in [4.69, 9.17) is 0 Å². The molecule has 0 N–H and O–H groups in total. The highest BCUT2D eigenvalue weighted by Crippen LogP contribution is 2.38. The van der Waals surface area contributed by atoms with Gasteiger partial charge in [0.25, 0.3) is 0 Å². The first-order valence-corrected chi connectivity index (χ1v) is 13.7. The molecule has 3 aromatic rings. The third-order valence-electron chi connectivity index (χ3n) is 7.25. The fourth-order valence-corrected chi connectivity index (χ4v) is 5.09. The normalized spacial score (nSPS) is 13.5. The molecule has 0 amide bonds. The third-order valence-corrected chi connectivity index (χ3v) is 7.25. The Kier molecular flexibility index (Phi) is 10.1. The highest BCUT2D eigenvalue weighted by Gasteiger charge is 2.30. The average Bonchev–Trinajstić information content (AvgIpc) is 2.85. The molecular formula is C33H38F5NO. The van der Waals surface area contributed by atoms with Crippen molar-refractivity contribution in [1.82, 2.24) is 0 Å². The highest BCUT2D eigenvalue weighted by atomic mass is 19.4. The van der Waals surface area contributed by atoms with E-state index in [1.165, 1.54) is 24.3 Å². The van der Waals surface area contributed by atoms with Gasteiger partial charge in [0.1, 0.15) is 17.4 Å². The number of hydrogen-bond donors (Lipinski definition) is 0. The number of benzene rings is 3. The maximum atomic E-state index is 14.3. The molecule has 2 unspecified atom stereocenters. The summed E-state index contributed by atoms with van der Waals surface area (Å²) in [6.07, 6.45) is -2.41. The molecule has 0 spiro atoms. The van der Waals surface area contributed by atoms with Crippen molar-refractivity contribution in [3.63, 3.8) is 0 Å². The SMILES string of the molecule is CC(=O)C(CC(C)C)c1cc(-c2ccc(C(F)(F)F)cc2)cc(N(C)C(CCC(C)C)c2cc(F)cc(F)c2)c1. The summed E-state index contributed by atoms with van der Waals surface area (Å²) in [4.78, 5) is 14.7. The summed E-state index contributed by atoms with van der Waals surface area (Å²) in [7, 11) is 1.84. The molecule has 0 radical (unpaired) electrons. The lowest BCUT2D eigenvalue weighted by atomic mass is 9.85. The quantitative estimate of drug-likeness (QED) is 0.218. The number of halogens is 5. The smallest absolute Gasteiger partial charge is 0.368 e. The van der Waals surface area contributed by atoms with Gasteiger partial charge in [-0.1, -0.05) is 45.9 Å². The van der Waals surface area contributed by atoms with Crippen LogP contribution < -0.4 is 4.90 Å². The largest absolute Gasteiger partial charge is 0.416 e. The van der Waals surface area contributed by atoms with Crippen molar-refractivity contribution in [2.45, 2.75) is 72.0 Å². The van der Waals surface area contributed by atoms with Gasteiger partial charge in [0, 0.05) is 24.7 Å². The maximum absolute atomic E-state index is 14.3. The molecule has 0 aliphatic heterocycles. The van der Waals surface area contributed by atoms with Crippen LogP contribution in [0.25, 0.3) is 11.1 Å². The Morgan fingerprint density at radius 1 is 0.775 bits per heavy atom. The molecule has 0 saturated carbocycles. The van der Waals surface area contributed by atoms with Crippen molar-refractivity contribution in [3.05, 3.63) is 89.0 Å². The zero-order valence-electron chi connectivity index (χ0n) is 23.9. The van der Waals surface area contributed by atoms with Crippen LogP contribution in [-0.2, 0) is 11.0 Å². The lowest BCUT2D eigenvalue weighted by molar-refractivity contribution is -0.137. The first kappa shape index (κ1) is 31.3. The van der Waals surface area contributed by atoms with Gasteiger partial charge >= 0.3 is 6.18 Å². The second-order valence-electron chi connectivity index (χ2n) is 11.5. The Bertz CT molecular complexity index is 1280. The molecule has 2 nitrogen and oxygen atoms in total. The van der Waals surface area contributed by atoms with Crippen molar-refractivity contribution in [2.75, 3.05) is 11.9 Å². The van der Waals surface area contributed by atoms with Crippen molar-refractivity contribution in [1.29, 1.82) is 0 Å². The van der Waals surface area contributed by atoms with Gasteiger partial charge in [0.05, 0.1) is 11.6 Å². The van der Waals surface area contributed by atoms with Crippen LogP contribution in [0.3, 0.4) is 0 Å². The van der Waals surface area contributed by atoms with E-state index in [2.05, 4.69) is 13.8 Å². The fraction of sp³-hybridized carbons (Fsp3) is 0.424. The molecule has 216 valence electrons. The minimum Gasteiger partial charge on any atom is -0.368 e. The molecule has 0 saturated heterocycles. The van der Waals surface area contributed by atoms with Gasteiger partial charge in [-0.3, -0.25) is 4.79 Å². The van der Waals surface area contributed by atoms with Crippen LogP contribution in [0.1, 0.15) is 82.5 Å². The molecule has 2 atom stereocenters. The first-order valence-electron chi connectivity index (χ1n) is 13.7. The number of Topliss-reactive ketones (excluding diaryl/α,β-unsaturated/α-hetero) is 1. The lowest BCUT2D eigenvalue weighted by Gasteiger charge is -2.32. The molecule has 3 rings (SSSR count). The van der Waals surface area contributed by atoms with Crippen molar-refractivity contribution < 1.29 is 26.7 Å². The van der Waals surface area contributed by atoms with E-state index in [1.807, 2.05) is 44.0 Å². The highest BCUT2D eigenvalue weighted by molar-refractivity contribution is 5.85. The number of nitrogens with zero attached hydrogens (tertiary/aromatic N) is 1. The van der Waals surface area contributed by atoms with E-state index in [1.54, 1.807) is 6.92 Å². The number of hydrogen-bond acceptors (Lipinski definition) is 2. The van der Waals surface area contributed by atoms with Gasteiger partial charge in [-0.2, -0.15) is 13.2 Å². The van der Waals surface area contributed by atoms with Crippen LogP contribution in [0.4, 0.5) is 27.6 Å². The molecule has 0 aliphatic carbocycles. The second-order valence-corrected chi connectivity index (χ2v) is 11.5. The number of alkyl halides is 3. The Labute approximate surface area is 234 Å². The Hall–Kier alpha value is -3.22. The summed E-state index contributed by atoms with van der Waals surface area (Å²) in [5.41, 5.74) is 2.46. The predicted octanol–water partition coefficient (Wildman–Crippen LogP) is 9.98. The molecular weight excluding hydrogens is 521 g/mol. The van der Waals surface area contributed by atoms with Gasteiger partial charge < -0.3 is 4.90 Å². The standard InChI is InChI=1S/C33H38F5NO/c1-20(2)7-12-32(26-15-28(34)19-29(35)16-26)39(6)30-17-24(23-8-10-27(11-9-23)33(36,37)38)14-25(18-30)31(22(5)40)13-21(3)4/h8-11,14-21,31-32H,7,12-13H2,1-6H3. The van der Waals surface area contributed by atoms with E-state index >= 15 is 0 Å². The van der Waals surface area contributed by atoms with Crippen LogP contribution in [0, 0.1) is 23.5 Å². The summed E-state index contributed by atoms with van der Waals surface area (Å²) < 4.78 is 68.2. The van der Waals surface area contributed by atoms with Gasteiger partial charge in [-0.05, 0) is 96.7 Å². The van der Waals surface area contributed by atoms with E-state index in [-0.39, 0.29) is 17.7 Å². The second kappa shape index (κ2) is 13.0. The number of anilines is 1. The van der Waals surface area contributed by atoms with Gasteiger partial charge in [0.2, 0.25) is 0 Å². The first-order chi connectivity index (χ1) is 18.6. The third kappa shape index (κ3) is 8.15. The molecule has 40 heavy (non-hydrogen) atoms. The number of carbonyl (C=O) groups is 1. The topological polar surface area (TPSA) is 20.3 Å². The van der Waals surface area contributed by atoms with E-state index in [0.717, 1.165) is 30.2 Å². The van der Waals surface area contributed by atoms with Gasteiger partial charge in [0.15, 0.2) is 0 Å². The molecule has 0 bridgehead atoms. The van der Waals surface area contributed by atoms with Crippen LogP contribution >= 0.6 is 0 Å². The van der Waals surface area contributed by atoms with Crippen molar-refractivity contribution in [3.8, 4) is 11.1 Å². The maximum Gasteiger partial charge on any atom is 0.416 e. The van der Waals surface area contributed by atoms with E-state index in [0.29, 0.717) is 41.1 Å². The Morgan fingerprint density at radius 3 is 1.88 bits per heavy atom. The molecule has 7 heteroatoms. The number of carbonyl (C=O) groups excluding carboxylic acids is 1. The van der Waals surface area contributed by atoms with Gasteiger partial charge in [-0.15, -0.1) is 0 Å². The average molecular weight is 560 g/mol. The van der Waals surface area contributed by atoms with Crippen LogP contribution in [0.5, 0.6) is 0 Å². The molecule has 3 aromatic carbocycles. The summed E-state index contributed by atoms with van der Waals surface area (Å²) >= 11 is 0.